The Balaban J connectivity index is 1.39. The van der Waals surface area contributed by atoms with Crippen LogP contribution < -0.4 is 9.47 Å². The molecule has 1 aliphatic heterocycles. The second kappa shape index (κ2) is 10.1. The van der Waals surface area contributed by atoms with Gasteiger partial charge in [-0.1, -0.05) is 30.3 Å². The van der Waals surface area contributed by atoms with E-state index in [0.717, 1.165) is 16.6 Å². The van der Waals surface area contributed by atoms with E-state index >= 15 is 0 Å². The van der Waals surface area contributed by atoms with Crippen LogP contribution in [0.15, 0.2) is 66.2 Å². The molecule has 164 valence electrons. The number of hydrogen-bond donors (Lipinski definition) is 0. The van der Waals surface area contributed by atoms with Gasteiger partial charge in [0.25, 0.3) is 0 Å². The van der Waals surface area contributed by atoms with E-state index in [1.54, 1.807) is 25.1 Å². The van der Waals surface area contributed by atoms with E-state index in [2.05, 4.69) is 4.98 Å². The molecule has 0 atom stereocenters. The van der Waals surface area contributed by atoms with Crippen LogP contribution in [0.1, 0.15) is 42.2 Å². The molecule has 1 aliphatic rings. The molecule has 2 aromatic carbocycles. The number of esters is 1. The van der Waals surface area contributed by atoms with Crippen molar-refractivity contribution in [1.82, 2.24) is 4.98 Å². The summed E-state index contributed by atoms with van der Waals surface area (Å²) in [5.74, 6) is 0.843. The third-order valence-corrected chi connectivity index (χ3v) is 5.19. The smallest absolute Gasteiger partial charge is 0.305 e. The fraction of sp³-hybridized carbons (Fsp3) is 0.269. The summed E-state index contributed by atoms with van der Waals surface area (Å²) in [7, 11) is 0. The van der Waals surface area contributed by atoms with E-state index in [1.165, 1.54) is 0 Å². The Morgan fingerprint density at radius 2 is 2.03 bits per heavy atom. The standard InChI is InChI=1S/C26H25NO5/c1-2-30-25(28)10-6-4-8-19-16-32-24-14-13-21(15-22(24)26(19)29)31-17-20-12-11-18-7-3-5-9-23(18)27-20/h3,5,7-9,11-15H,2,4,6,10,16-17H2,1H3/b19-8-. The number of para-hydroxylation sites is 1. The number of Topliss-reactive ketones (excluding diaryl/α,β-unsaturated/α-hetero) is 1. The number of allylic oxidation sites excluding steroid dienone is 1. The summed E-state index contributed by atoms with van der Waals surface area (Å²) in [6, 6.07) is 17.1. The largest absolute Gasteiger partial charge is 0.488 e. The molecule has 0 radical (unpaired) electrons. The normalized spacial score (nSPS) is 14.2. The van der Waals surface area contributed by atoms with Gasteiger partial charge < -0.3 is 14.2 Å². The molecule has 6 nitrogen and oxygen atoms in total. The maximum absolute atomic E-state index is 12.9. The van der Waals surface area contributed by atoms with Gasteiger partial charge in [-0.05, 0) is 50.1 Å². The molecule has 4 rings (SSSR count). The van der Waals surface area contributed by atoms with Gasteiger partial charge >= 0.3 is 5.97 Å². The number of carbonyl (C=O) groups is 2. The van der Waals surface area contributed by atoms with Crippen LogP contribution in [0.25, 0.3) is 10.9 Å². The summed E-state index contributed by atoms with van der Waals surface area (Å²) in [4.78, 5) is 29.0. The van der Waals surface area contributed by atoms with Crippen LogP contribution in [-0.2, 0) is 16.1 Å². The topological polar surface area (TPSA) is 74.7 Å². The second-order valence-corrected chi connectivity index (χ2v) is 7.49. The predicted octanol–water partition coefficient (Wildman–Crippen LogP) is 5.05. The Hall–Kier alpha value is -3.67. The molecule has 0 unspecified atom stereocenters. The third kappa shape index (κ3) is 5.14. The monoisotopic (exact) mass is 431 g/mol. The third-order valence-electron chi connectivity index (χ3n) is 5.19. The van der Waals surface area contributed by atoms with Crippen molar-refractivity contribution in [2.75, 3.05) is 13.2 Å². The van der Waals surface area contributed by atoms with Gasteiger partial charge in [-0.15, -0.1) is 0 Å². The van der Waals surface area contributed by atoms with Crippen LogP contribution in [-0.4, -0.2) is 30.0 Å². The van der Waals surface area contributed by atoms with Crippen molar-refractivity contribution in [3.63, 3.8) is 0 Å². The first kappa shape index (κ1) is 21.6. The molecule has 0 N–H and O–H groups in total. The van der Waals surface area contributed by atoms with E-state index < -0.39 is 0 Å². The molecule has 0 amide bonds. The first-order chi connectivity index (χ1) is 15.6. The highest BCUT2D eigenvalue weighted by Crippen LogP contribution is 2.31. The molecule has 0 fully saturated rings. The zero-order chi connectivity index (χ0) is 22.3. The van der Waals surface area contributed by atoms with Crippen LogP contribution in [0.2, 0.25) is 0 Å². The number of aromatic nitrogens is 1. The number of fused-ring (bicyclic) bond motifs is 2. The van der Waals surface area contributed by atoms with Gasteiger partial charge in [-0.25, -0.2) is 4.98 Å². The maximum atomic E-state index is 12.9. The second-order valence-electron chi connectivity index (χ2n) is 7.49. The molecular weight excluding hydrogens is 406 g/mol. The zero-order valence-corrected chi connectivity index (χ0v) is 18.0. The molecule has 3 aromatic rings. The molecule has 0 spiro atoms. The SMILES string of the molecule is CCOC(=O)CCC/C=C1/COc2ccc(OCc3ccc4ccccc4n3)cc2C1=O. The number of ketones is 1. The van der Waals surface area contributed by atoms with E-state index in [1.807, 2.05) is 42.5 Å². The van der Waals surface area contributed by atoms with E-state index in [0.29, 0.717) is 55.1 Å². The number of pyridine rings is 1. The lowest BCUT2D eigenvalue weighted by Crippen LogP contribution is -2.19. The van der Waals surface area contributed by atoms with E-state index in [-0.39, 0.29) is 18.4 Å². The average Bonchev–Trinajstić information content (AvgIpc) is 2.82. The van der Waals surface area contributed by atoms with Gasteiger partial charge in [0, 0.05) is 17.4 Å². The summed E-state index contributed by atoms with van der Waals surface area (Å²) in [5, 5.41) is 1.08. The van der Waals surface area contributed by atoms with Gasteiger partial charge in [-0.2, -0.15) is 0 Å². The van der Waals surface area contributed by atoms with Crippen molar-refractivity contribution >= 4 is 22.7 Å². The van der Waals surface area contributed by atoms with Crippen LogP contribution in [0.5, 0.6) is 11.5 Å². The molecule has 0 saturated carbocycles. The van der Waals surface area contributed by atoms with Crippen molar-refractivity contribution < 1.29 is 23.8 Å². The Kier molecular flexibility index (Phi) is 6.80. The van der Waals surface area contributed by atoms with E-state index in [9.17, 15) is 9.59 Å². The molecule has 0 bridgehead atoms. The van der Waals surface area contributed by atoms with Crippen molar-refractivity contribution in [2.24, 2.45) is 0 Å². The molecule has 6 heteroatoms. The van der Waals surface area contributed by atoms with Crippen LogP contribution in [0.3, 0.4) is 0 Å². The Morgan fingerprint density at radius 1 is 1.16 bits per heavy atom. The van der Waals surface area contributed by atoms with E-state index in [4.69, 9.17) is 14.2 Å². The van der Waals surface area contributed by atoms with Gasteiger partial charge in [0.1, 0.15) is 24.7 Å². The van der Waals surface area contributed by atoms with Crippen LogP contribution >= 0.6 is 0 Å². The van der Waals surface area contributed by atoms with Crippen LogP contribution in [0, 0.1) is 0 Å². The fourth-order valence-corrected chi connectivity index (χ4v) is 3.55. The van der Waals surface area contributed by atoms with Crippen LogP contribution in [0.4, 0.5) is 0 Å². The summed E-state index contributed by atoms with van der Waals surface area (Å²) < 4.78 is 16.6. The van der Waals surface area contributed by atoms with Gasteiger partial charge in [0.2, 0.25) is 0 Å². The Morgan fingerprint density at radius 3 is 2.91 bits per heavy atom. The van der Waals surface area contributed by atoms with Crippen molar-refractivity contribution in [3.05, 3.63) is 77.5 Å². The minimum atomic E-state index is -0.217. The highest BCUT2D eigenvalue weighted by Gasteiger charge is 2.23. The average molecular weight is 431 g/mol. The van der Waals surface area contributed by atoms with Gasteiger partial charge in [0.15, 0.2) is 5.78 Å². The minimum Gasteiger partial charge on any atom is -0.488 e. The highest BCUT2D eigenvalue weighted by molar-refractivity contribution is 6.11. The lowest BCUT2D eigenvalue weighted by Gasteiger charge is -2.19. The molecule has 32 heavy (non-hydrogen) atoms. The summed E-state index contributed by atoms with van der Waals surface area (Å²) in [6.07, 6.45) is 3.42. The molecule has 0 aliphatic carbocycles. The van der Waals surface area contributed by atoms with Gasteiger partial charge in [0.05, 0.1) is 23.4 Å². The number of nitrogens with zero attached hydrogens (tertiary/aromatic N) is 1. The fourth-order valence-electron chi connectivity index (χ4n) is 3.55. The first-order valence-corrected chi connectivity index (χ1v) is 10.8. The van der Waals surface area contributed by atoms with Gasteiger partial charge in [-0.3, -0.25) is 9.59 Å². The van der Waals surface area contributed by atoms with Crippen molar-refractivity contribution in [2.45, 2.75) is 32.8 Å². The Labute approximate surface area is 186 Å². The summed E-state index contributed by atoms with van der Waals surface area (Å²) in [6.45, 7) is 2.69. The maximum Gasteiger partial charge on any atom is 0.305 e. The number of carbonyl (C=O) groups excluding carboxylic acids is 2. The molecular formula is C26H25NO5. The minimum absolute atomic E-state index is 0.0725. The lowest BCUT2D eigenvalue weighted by molar-refractivity contribution is -0.143. The summed E-state index contributed by atoms with van der Waals surface area (Å²) in [5.41, 5.74) is 2.80. The number of ether oxygens (including phenoxy) is 3. The first-order valence-electron chi connectivity index (χ1n) is 10.8. The summed E-state index contributed by atoms with van der Waals surface area (Å²) >= 11 is 0. The molecule has 2 heterocycles. The Bertz CT molecular complexity index is 1170. The zero-order valence-electron chi connectivity index (χ0n) is 18.0. The number of rotatable bonds is 8. The van der Waals surface area contributed by atoms with Crippen molar-refractivity contribution in [1.29, 1.82) is 0 Å². The molecule has 0 saturated heterocycles. The number of benzene rings is 2. The predicted molar refractivity (Wildman–Crippen MR) is 121 cm³/mol. The number of unbranched alkanes of at least 4 members (excludes halogenated alkanes) is 1. The van der Waals surface area contributed by atoms with Crippen molar-refractivity contribution in [3.8, 4) is 11.5 Å². The number of hydrogen-bond acceptors (Lipinski definition) is 6. The quantitative estimate of drug-likeness (QED) is 0.282. The molecule has 1 aromatic heterocycles. The highest BCUT2D eigenvalue weighted by atomic mass is 16.5. The lowest BCUT2D eigenvalue weighted by atomic mass is 9.98.